The van der Waals surface area contributed by atoms with Gasteiger partial charge in [-0.05, 0) is 30.2 Å². The van der Waals surface area contributed by atoms with Crippen molar-refractivity contribution in [3.8, 4) is 11.5 Å². The number of rotatable bonds is 4. The van der Waals surface area contributed by atoms with Crippen molar-refractivity contribution in [1.82, 2.24) is 4.90 Å². The van der Waals surface area contributed by atoms with Gasteiger partial charge in [0.1, 0.15) is 0 Å². The average Bonchev–Trinajstić information content (AvgIpc) is 2.28. The van der Waals surface area contributed by atoms with E-state index in [-0.39, 0.29) is 0 Å². The Hall–Kier alpha value is -1.26. The number of ether oxygens (including phenoxy) is 2. The van der Waals surface area contributed by atoms with Crippen LogP contribution in [0, 0.1) is 6.92 Å². The van der Waals surface area contributed by atoms with Crippen molar-refractivity contribution in [1.29, 1.82) is 0 Å². The second kappa shape index (κ2) is 4.94. The first-order valence-electron chi connectivity index (χ1n) is 5.83. The highest BCUT2D eigenvalue weighted by Crippen LogP contribution is 2.31. The molecule has 2 N–H and O–H groups in total. The molecule has 1 aromatic rings. The van der Waals surface area contributed by atoms with Crippen LogP contribution in [0.2, 0.25) is 0 Å². The summed E-state index contributed by atoms with van der Waals surface area (Å²) in [6, 6.07) is 4.42. The SMILES string of the molecule is COc1cc(C)c(CN2CC(N)C2)cc1OC. The summed E-state index contributed by atoms with van der Waals surface area (Å²) >= 11 is 0. The molecule has 0 amide bonds. The van der Waals surface area contributed by atoms with Crippen molar-refractivity contribution in [2.24, 2.45) is 5.73 Å². The molecular formula is C13H20N2O2. The fourth-order valence-corrected chi connectivity index (χ4v) is 2.17. The van der Waals surface area contributed by atoms with Gasteiger partial charge in [0.05, 0.1) is 14.2 Å². The third-order valence-electron chi connectivity index (χ3n) is 3.22. The molecule has 0 saturated carbocycles. The molecule has 0 spiro atoms. The zero-order valence-corrected chi connectivity index (χ0v) is 10.7. The monoisotopic (exact) mass is 236 g/mol. The Morgan fingerprint density at radius 3 is 2.35 bits per heavy atom. The second-order valence-corrected chi connectivity index (χ2v) is 4.59. The minimum atomic E-state index is 0.343. The molecule has 1 aromatic carbocycles. The lowest BCUT2D eigenvalue weighted by Crippen LogP contribution is -2.54. The summed E-state index contributed by atoms with van der Waals surface area (Å²) in [5.41, 5.74) is 8.27. The van der Waals surface area contributed by atoms with Crippen molar-refractivity contribution in [3.63, 3.8) is 0 Å². The van der Waals surface area contributed by atoms with Crippen LogP contribution in [0.15, 0.2) is 12.1 Å². The normalized spacial score (nSPS) is 16.7. The average molecular weight is 236 g/mol. The first-order chi connectivity index (χ1) is 8.13. The smallest absolute Gasteiger partial charge is 0.161 e. The molecule has 1 fully saturated rings. The maximum absolute atomic E-state index is 5.78. The minimum Gasteiger partial charge on any atom is -0.493 e. The molecular weight excluding hydrogens is 216 g/mol. The summed E-state index contributed by atoms with van der Waals surface area (Å²) in [5, 5.41) is 0. The molecule has 1 saturated heterocycles. The first kappa shape index (κ1) is 12.2. The first-order valence-corrected chi connectivity index (χ1v) is 5.83. The van der Waals surface area contributed by atoms with Gasteiger partial charge in [-0.1, -0.05) is 0 Å². The van der Waals surface area contributed by atoms with E-state index in [1.165, 1.54) is 11.1 Å². The van der Waals surface area contributed by atoms with Crippen molar-refractivity contribution in [2.75, 3.05) is 27.3 Å². The van der Waals surface area contributed by atoms with Gasteiger partial charge in [-0.25, -0.2) is 0 Å². The fraction of sp³-hybridized carbons (Fsp3) is 0.538. The van der Waals surface area contributed by atoms with E-state index < -0.39 is 0 Å². The van der Waals surface area contributed by atoms with E-state index in [1.807, 2.05) is 6.07 Å². The quantitative estimate of drug-likeness (QED) is 0.852. The van der Waals surface area contributed by atoms with Crippen LogP contribution in [-0.4, -0.2) is 38.3 Å². The van der Waals surface area contributed by atoms with Gasteiger partial charge in [-0.15, -0.1) is 0 Å². The van der Waals surface area contributed by atoms with Crippen molar-refractivity contribution >= 4 is 0 Å². The maximum Gasteiger partial charge on any atom is 0.161 e. The lowest BCUT2D eigenvalue weighted by Gasteiger charge is -2.37. The molecule has 0 bridgehead atoms. The van der Waals surface area contributed by atoms with Gasteiger partial charge in [0.25, 0.3) is 0 Å². The van der Waals surface area contributed by atoms with Crippen LogP contribution in [0.4, 0.5) is 0 Å². The Balaban J connectivity index is 2.16. The van der Waals surface area contributed by atoms with Crippen LogP contribution >= 0.6 is 0 Å². The van der Waals surface area contributed by atoms with Gasteiger partial charge in [0.15, 0.2) is 11.5 Å². The van der Waals surface area contributed by atoms with Crippen molar-refractivity contribution in [2.45, 2.75) is 19.5 Å². The third kappa shape index (κ3) is 2.53. The van der Waals surface area contributed by atoms with Gasteiger partial charge in [0.2, 0.25) is 0 Å². The predicted octanol–water partition coefficient (Wildman–Crippen LogP) is 1.16. The number of methoxy groups -OCH3 is 2. The molecule has 1 heterocycles. The number of aryl methyl sites for hydroxylation is 1. The lowest BCUT2D eigenvalue weighted by molar-refractivity contribution is 0.142. The van der Waals surface area contributed by atoms with Gasteiger partial charge in [-0.2, -0.15) is 0 Å². The van der Waals surface area contributed by atoms with Crippen LogP contribution < -0.4 is 15.2 Å². The number of likely N-dealkylation sites (tertiary alicyclic amines) is 1. The summed E-state index contributed by atoms with van der Waals surface area (Å²) in [7, 11) is 3.32. The van der Waals surface area contributed by atoms with E-state index in [9.17, 15) is 0 Å². The standard InChI is InChI=1S/C13H20N2O2/c1-9-4-12(16-2)13(17-3)5-10(9)6-15-7-11(14)8-15/h4-5,11H,6-8,14H2,1-3H3. The molecule has 0 aromatic heterocycles. The number of hydrogen-bond acceptors (Lipinski definition) is 4. The maximum atomic E-state index is 5.78. The highest BCUT2D eigenvalue weighted by atomic mass is 16.5. The van der Waals surface area contributed by atoms with Crippen molar-refractivity contribution < 1.29 is 9.47 Å². The minimum absolute atomic E-state index is 0.343. The van der Waals surface area contributed by atoms with E-state index in [4.69, 9.17) is 15.2 Å². The number of benzene rings is 1. The Morgan fingerprint density at radius 1 is 1.24 bits per heavy atom. The predicted molar refractivity (Wildman–Crippen MR) is 67.5 cm³/mol. The van der Waals surface area contributed by atoms with Gasteiger partial charge >= 0.3 is 0 Å². The second-order valence-electron chi connectivity index (χ2n) is 4.59. The van der Waals surface area contributed by atoms with E-state index in [0.717, 1.165) is 31.1 Å². The molecule has 94 valence electrons. The molecule has 4 heteroatoms. The Bertz CT molecular complexity index is 401. The Labute approximate surface area is 102 Å². The van der Waals surface area contributed by atoms with Crippen LogP contribution in [0.25, 0.3) is 0 Å². The van der Waals surface area contributed by atoms with E-state index in [1.54, 1.807) is 14.2 Å². The highest BCUT2D eigenvalue weighted by molar-refractivity contribution is 5.47. The summed E-state index contributed by atoms with van der Waals surface area (Å²) in [6.45, 7) is 4.98. The fourth-order valence-electron chi connectivity index (χ4n) is 2.17. The molecule has 1 aliphatic heterocycles. The lowest BCUT2D eigenvalue weighted by atomic mass is 10.0. The van der Waals surface area contributed by atoms with Crippen molar-refractivity contribution in [3.05, 3.63) is 23.3 Å². The number of nitrogens with two attached hydrogens (primary N) is 1. The molecule has 0 aliphatic carbocycles. The third-order valence-corrected chi connectivity index (χ3v) is 3.22. The van der Waals surface area contributed by atoms with E-state index in [2.05, 4.69) is 17.9 Å². The van der Waals surface area contributed by atoms with Crippen LogP contribution in [0.3, 0.4) is 0 Å². The number of hydrogen-bond donors (Lipinski definition) is 1. The van der Waals surface area contributed by atoms with E-state index in [0.29, 0.717) is 6.04 Å². The highest BCUT2D eigenvalue weighted by Gasteiger charge is 2.23. The van der Waals surface area contributed by atoms with Gasteiger partial charge in [-0.3, -0.25) is 4.90 Å². The van der Waals surface area contributed by atoms with Crippen LogP contribution in [0.1, 0.15) is 11.1 Å². The molecule has 0 radical (unpaired) electrons. The molecule has 0 unspecified atom stereocenters. The topological polar surface area (TPSA) is 47.7 Å². The van der Waals surface area contributed by atoms with Crippen LogP contribution in [0.5, 0.6) is 11.5 Å². The van der Waals surface area contributed by atoms with Crippen LogP contribution in [-0.2, 0) is 6.54 Å². The summed E-state index contributed by atoms with van der Waals surface area (Å²) in [6.07, 6.45) is 0. The zero-order valence-electron chi connectivity index (χ0n) is 10.7. The molecule has 1 aliphatic rings. The zero-order chi connectivity index (χ0) is 12.4. The van der Waals surface area contributed by atoms with E-state index >= 15 is 0 Å². The van der Waals surface area contributed by atoms with Gasteiger partial charge in [0, 0.05) is 25.7 Å². The Kier molecular flexibility index (Phi) is 3.54. The Morgan fingerprint density at radius 2 is 1.82 bits per heavy atom. The largest absolute Gasteiger partial charge is 0.493 e. The molecule has 4 nitrogen and oxygen atoms in total. The molecule has 17 heavy (non-hydrogen) atoms. The molecule has 2 rings (SSSR count). The van der Waals surface area contributed by atoms with Gasteiger partial charge < -0.3 is 15.2 Å². The molecule has 0 atom stereocenters. The summed E-state index contributed by atoms with van der Waals surface area (Å²) < 4.78 is 10.6. The summed E-state index contributed by atoms with van der Waals surface area (Å²) in [4.78, 5) is 2.33. The number of nitrogens with zero attached hydrogens (tertiary/aromatic N) is 1. The summed E-state index contributed by atoms with van der Waals surface area (Å²) in [5.74, 6) is 1.58.